The molecule has 0 fully saturated rings. The van der Waals surface area contributed by atoms with Crippen LogP contribution >= 0.6 is 0 Å². The Kier molecular flexibility index (Phi) is 3.07. The lowest BCUT2D eigenvalue weighted by molar-refractivity contribution is -0.137. The molecule has 0 aliphatic carbocycles. The summed E-state index contributed by atoms with van der Waals surface area (Å²) in [7, 11) is 0. The number of hydrogen-bond donors (Lipinski definition) is 0. The van der Waals surface area contributed by atoms with E-state index in [0.29, 0.717) is 12.2 Å². The van der Waals surface area contributed by atoms with E-state index in [2.05, 4.69) is 0 Å². The Hall–Kier alpha value is -1.91. The number of nitrogens with zero attached hydrogens (tertiary/aromatic N) is 2. The van der Waals surface area contributed by atoms with Crippen LogP contribution in [0.4, 0.5) is 18.9 Å². The molecule has 5 heteroatoms. The molecule has 0 saturated carbocycles. The van der Waals surface area contributed by atoms with Crippen LogP contribution in [0.15, 0.2) is 47.8 Å². The van der Waals surface area contributed by atoms with E-state index in [4.69, 9.17) is 0 Å². The van der Waals surface area contributed by atoms with Crippen molar-refractivity contribution in [1.29, 1.82) is 0 Å². The van der Waals surface area contributed by atoms with Crippen molar-refractivity contribution >= 4 is 5.69 Å². The summed E-state index contributed by atoms with van der Waals surface area (Å²) in [6.07, 6.45) is -1.17. The molecule has 1 aliphatic rings. The Labute approximate surface area is 103 Å². The Bertz CT molecular complexity index is 515. The van der Waals surface area contributed by atoms with Crippen LogP contribution in [-0.4, -0.2) is 6.54 Å². The minimum Gasteiger partial charge on any atom is -0.321 e. The second kappa shape index (κ2) is 4.40. The zero-order valence-corrected chi connectivity index (χ0v) is 9.70. The van der Waals surface area contributed by atoms with Crippen molar-refractivity contribution in [3.8, 4) is 0 Å². The van der Waals surface area contributed by atoms with Crippen molar-refractivity contribution in [3.05, 3.63) is 53.4 Å². The number of alkyl halides is 3. The molecule has 2 nitrogen and oxygen atoms in total. The van der Waals surface area contributed by atoms with Crippen LogP contribution in [-0.2, 0) is 6.18 Å². The number of benzene rings is 1. The number of allylic oxidation sites excluding steroid dienone is 2. The van der Waals surface area contributed by atoms with Crippen LogP contribution < -0.4 is 10.6 Å². The third-order valence-corrected chi connectivity index (χ3v) is 2.69. The number of halogens is 3. The van der Waals surface area contributed by atoms with Gasteiger partial charge in [0.25, 0.3) is 0 Å². The molecule has 0 unspecified atom stereocenters. The van der Waals surface area contributed by atoms with Crippen molar-refractivity contribution in [3.63, 3.8) is 0 Å². The molecule has 2 rings (SSSR count). The van der Waals surface area contributed by atoms with Gasteiger partial charge in [-0.05, 0) is 31.2 Å². The maximum Gasteiger partial charge on any atom is 0.416 e. The summed E-state index contributed by atoms with van der Waals surface area (Å²) >= 11 is 0. The van der Waals surface area contributed by atoms with Crippen molar-refractivity contribution in [2.24, 2.45) is 0 Å². The van der Waals surface area contributed by atoms with Gasteiger partial charge in [-0.15, -0.1) is 5.73 Å². The van der Waals surface area contributed by atoms with Crippen LogP contribution in [0.2, 0.25) is 0 Å². The molecule has 1 aromatic carbocycles. The highest BCUT2D eigenvalue weighted by molar-refractivity contribution is 5.56. The summed E-state index contributed by atoms with van der Waals surface area (Å²) in [6.45, 7) is 2.23. The highest BCUT2D eigenvalue weighted by atomic mass is 19.4. The second-order valence-corrected chi connectivity index (χ2v) is 4.17. The molecule has 94 valence electrons. The maximum absolute atomic E-state index is 12.6. The predicted molar refractivity (Wildman–Crippen MR) is 62.8 cm³/mol. The normalized spacial score (nSPS) is 16.3. The molecule has 0 saturated heterocycles. The SMILES string of the molecule is CC1=CC=C([N])N(c2cccc(C(F)(F)F)c2)C1. The van der Waals surface area contributed by atoms with Crippen molar-refractivity contribution in [1.82, 2.24) is 5.73 Å². The monoisotopic (exact) mass is 252 g/mol. The first kappa shape index (κ1) is 12.5. The van der Waals surface area contributed by atoms with Gasteiger partial charge in [0.2, 0.25) is 0 Å². The van der Waals surface area contributed by atoms with Crippen molar-refractivity contribution < 1.29 is 13.2 Å². The first-order valence-electron chi connectivity index (χ1n) is 5.39. The third-order valence-electron chi connectivity index (χ3n) is 2.69. The fourth-order valence-corrected chi connectivity index (χ4v) is 1.76. The lowest BCUT2D eigenvalue weighted by Gasteiger charge is -2.26. The van der Waals surface area contributed by atoms with Gasteiger partial charge in [-0.1, -0.05) is 17.7 Å². The van der Waals surface area contributed by atoms with Gasteiger partial charge in [0, 0.05) is 12.2 Å². The standard InChI is InChI=1S/C13H11F3N2/c1-9-5-6-12(17)18(8-9)11-4-2-3-10(7-11)13(14,15)16/h2-7H,8H2,1H3. The molecule has 0 atom stereocenters. The van der Waals surface area contributed by atoms with E-state index in [-0.39, 0.29) is 5.82 Å². The molecule has 1 aromatic rings. The summed E-state index contributed by atoms with van der Waals surface area (Å²) in [6, 6.07) is 4.91. The molecule has 1 heterocycles. The molecule has 0 aromatic heterocycles. The largest absolute Gasteiger partial charge is 0.416 e. The van der Waals surface area contributed by atoms with Gasteiger partial charge >= 0.3 is 6.18 Å². The Morgan fingerprint density at radius 2 is 1.94 bits per heavy atom. The molecule has 1 aliphatic heterocycles. The lowest BCUT2D eigenvalue weighted by Crippen LogP contribution is -2.27. The molecule has 2 radical (unpaired) electrons. The molecule has 0 N–H and O–H groups in total. The van der Waals surface area contributed by atoms with Gasteiger partial charge in [0.15, 0.2) is 5.82 Å². The zero-order chi connectivity index (χ0) is 13.3. The van der Waals surface area contributed by atoms with Crippen LogP contribution in [0.1, 0.15) is 12.5 Å². The average Bonchev–Trinajstić information content (AvgIpc) is 2.31. The van der Waals surface area contributed by atoms with E-state index in [9.17, 15) is 18.9 Å². The maximum atomic E-state index is 12.6. The Balaban J connectivity index is 2.35. The van der Waals surface area contributed by atoms with Gasteiger partial charge in [0.05, 0.1) is 5.56 Å². The zero-order valence-electron chi connectivity index (χ0n) is 9.70. The van der Waals surface area contributed by atoms with Gasteiger partial charge in [0.1, 0.15) is 0 Å². The minimum atomic E-state index is -4.38. The smallest absolute Gasteiger partial charge is 0.321 e. The highest BCUT2D eigenvalue weighted by Crippen LogP contribution is 2.32. The number of rotatable bonds is 1. The molecular formula is C13H11F3N2. The Morgan fingerprint density at radius 3 is 2.61 bits per heavy atom. The molecule has 0 bridgehead atoms. The second-order valence-electron chi connectivity index (χ2n) is 4.17. The molecule has 0 spiro atoms. The fraction of sp³-hybridized carbons (Fsp3) is 0.231. The Morgan fingerprint density at radius 1 is 1.22 bits per heavy atom. The van der Waals surface area contributed by atoms with E-state index in [0.717, 1.165) is 17.7 Å². The summed E-state index contributed by atoms with van der Waals surface area (Å²) in [5.74, 6) is -0.0556. The van der Waals surface area contributed by atoms with E-state index in [1.165, 1.54) is 23.1 Å². The summed E-state index contributed by atoms with van der Waals surface area (Å²) in [5.41, 5.74) is 10.3. The molecule has 18 heavy (non-hydrogen) atoms. The van der Waals surface area contributed by atoms with Crippen LogP contribution in [0.5, 0.6) is 0 Å². The van der Waals surface area contributed by atoms with Crippen molar-refractivity contribution in [2.75, 3.05) is 11.4 Å². The third kappa shape index (κ3) is 2.50. The van der Waals surface area contributed by atoms with E-state index in [1.807, 2.05) is 6.92 Å². The summed E-state index contributed by atoms with van der Waals surface area (Å²) in [4.78, 5) is 1.44. The number of anilines is 1. The first-order chi connectivity index (χ1) is 8.38. The molecular weight excluding hydrogens is 241 g/mol. The van der Waals surface area contributed by atoms with Gasteiger partial charge in [-0.2, -0.15) is 13.2 Å². The van der Waals surface area contributed by atoms with E-state index < -0.39 is 11.7 Å². The van der Waals surface area contributed by atoms with E-state index in [1.54, 1.807) is 6.08 Å². The summed E-state index contributed by atoms with van der Waals surface area (Å²) < 4.78 is 37.8. The van der Waals surface area contributed by atoms with Crippen LogP contribution in [0, 0.1) is 0 Å². The lowest BCUT2D eigenvalue weighted by atomic mass is 10.1. The van der Waals surface area contributed by atoms with Crippen LogP contribution in [0.3, 0.4) is 0 Å². The highest BCUT2D eigenvalue weighted by Gasteiger charge is 2.31. The average molecular weight is 252 g/mol. The van der Waals surface area contributed by atoms with Crippen LogP contribution in [0.25, 0.3) is 0 Å². The van der Waals surface area contributed by atoms with Gasteiger partial charge in [-0.25, -0.2) is 0 Å². The van der Waals surface area contributed by atoms with E-state index >= 15 is 0 Å². The van der Waals surface area contributed by atoms with Gasteiger partial charge < -0.3 is 4.90 Å². The summed E-state index contributed by atoms with van der Waals surface area (Å²) in [5, 5.41) is 0. The predicted octanol–water partition coefficient (Wildman–Crippen LogP) is 3.38. The minimum absolute atomic E-state index is 0.0556. The molecule has 0 amide bonds. The topological polar surface area (TPSA) is 25.5 Å². The number of hydrogen-bond acceptors (Lipinski definition) is 1. The quantitative estimate of drug-likeness (QED) is 0.752. The van der Waals surface area contributed by atoms with Crippen molar-refractivity contribution in [2.45, 2.75) is 13.1 Å². The van der Waals surface area contributed by atoms with Gasteiger partial charge in [-0.3, -0.25) is 0 Å². The fourth-order valence-electron chi connectivity index (χ4n) is 1.76. The first-order valence-corrected chi connectivity index (χ1v) is 5.39.